The van der Waals surface area contributed by atoms with E-state index in [1.54, 1.807) is 0 Å². The second-order valence-electron chi connectivity index (χ2n) is 6.75. The maximum atomic E-state index is 11.0. The second kappa shape index (κ2) is 11.6. The number of aliphatic carboxylic acids is 2. The van der Waals surface area contributed by atoms with Crippen molar-refractivity contribution < 1.29 is 45.7 Å². The molecule has 0 unspecified atom stereocenters. The third kappa shape index (κ3) is 7.98. The highest BCUT2D eigenvalue weighted by molar-refractivity contribution is 5.78. The van der Waals surface area contributed by atoms with Gasteiger partial charge in [0, 0.05) is 6.42 Å². The van der Waals surface area contributed by atoms with Crippen LogP contribution in [0, 0.1) is 0 Å². The molecule has 0 aliphatic carbocycles. The van der Waals surface area contributed by atoms with E-state index in [1.165, 1.54) is 43.3 Å². The maximum Gasteiger partial charge on any atom is 0.325 e. The Balaban J connectivity index is 0.000000567. The zero-order valence-electron chi connectivity index (χ0n) is 16.6. The van der Waals surface area contributed by atoms with Crippen LogP contribution in [0.15, 0.2) is 36.4 Å². The maximum absolute atomic E-state index is 11.0. The first kappa shape index (κ1) is 27.4. The number of hydrazine groups is 1. The van der Waals surface area contributed by atoms with Crippen LogP contribution in [0.1, 0.15) is 18.1 Å². The predicted octanol–water partition coefficient (Wildman–Crippen LogP) is -0.826. The number of hydrogen-bond acceptors (Lipinski definition) is 9. The second-order valence-corrected chi connectivity index (χ2v) is 6.75. The van der Waals surface area contributed by atoms with E-state index in [1.807, 2.05) is 0 Å². The Morgan fingerprint density at radius 3 is 1.77 bits per heavy atom. The summed E-state index contributed by atoms with van der Waals surface area (Å²) in [5.74, 6) is 1.93. The fraction of sp³-hybridized carbons (Fsp3) is 0.263. The summed E-state index contributed by atoms with van der Waals surface area (Å²) in [7, 11) is 0. The van der Waals surface area contributed by atoms with Gasteiger partial charge in [-0.05, 0) is 48.7 Å². The van der Waals surface area contributed by atoms with Crippen molar-refractivity contribution in [2.75, 3.05) is 0 Å². The van der Waals surface area contributed by atoms with Gasteiger partial charge in [0.05, 0.1) is 0 Å². The van der Waals surface area contributed by atoms with Crippen LogP contribution in [0.5, 0.6) is 23.0 Å². The number of carboxylic acid groups (broad SMARTS) is 2. The lowest BCUT2D eigenvalue weighted by Crippen LogP contribution is -2.54. The Hall–Kier alpha value is -3.58. The highest BCUT2D eigenvalue weighted by Crippen LogP contribution is 2.27. The molecule has 2 atom stereocenters. The van der Waals surface area contributed by atoms with Gasteiger partial charge < -0.3 is 41.8 Å². The van der Waals surface area contributed by atoms with Crippen LogP contribution in [0.4, 0.5) is 0 Å². The molecule has 0 fully saturated rings. The molecule has 2 aromatic carbocycles. The minimum atomic E-state index is -1.32. The number of phenols is 4. The molecular formula is C19H27N3O9. The van der Waals surface area contributed by atoms with Crippen LogP contribution >= 0.6 is 0 Å². The van der Waals surface area contributed by atoms with E-state index in [9.17, 15) is 14.7 Å². The molecule has 0 radical (unpaired) electrons. The summed E-state index contributed by atoms with van der Waals surface area (Å²) in [5, 5.41) is 54.0. The van der Waals surface area contributed by atoms with Gasteiger partial charge in [0.15, 0.2) is 23.0 Å². The first-order valence-electron chi connectivity index (χ1n) is 8.61. The molecule has 0 heterocycles. The molecule has 12 nitrogen and oxygen atoms in total. The first-order valence-corrected chi connectivity index (χ1v) is 8.61. The van der Waals surface area contributed by atoms with Crippen molar-refractivity contribution in [1.29, 1.82) is 0 Å². The molecule has 12 heteroatoms. The van der Waals surface area contributed by atoms with E-state index in [0.717, 1.165) is 0 Å². The third-order valence-corrected chi connectivity index (χ3v) is 4.20. The summed E-state index contributed by atoms with van der Waals surface area (Å²) in [4.78, 5) is 21.4. The number of rotatable bonds is 7. The molecule has 0 saturated heterocycles. The Labute approximate surface area is 177 Å². The van der Waals surface area contributed by atoms with Crippen molar-refractivity contribution in [3.8, 4) is 23.0 Å². The van der Waals surface area contributed by atoms with Crippen LogP contribution in [-0.2, 0) is 22.4 Å². The number of carboxylic acids is 2. The molecule has 31 heavy (non-hydrogen) atoms. The number of nitrogens with one attached hydrogen (secondary N) is 1. The number of benzene rings is 2. The SMILES string of the molecule is C[C@@](Cc1ccc(O)c(O)c1)(NN)C(=O)O.N[C@@H](Cc1ccc(O)c(O)c1)C(=O)O.O. The summed E-state index contributed by atoms with van der Waals surface area (Å²) < 4.78 is 0. The number of phenolic OH excluding ortho intramolecular Hbond substituents is 4. The van der Waals surface area contributed by atoms with E-state index < -0.39 is 23.5 Å². The number of hydrogen-bond donors (Lipinski definition) is 9. The van der Waals surface area contributed by atoms with Gasteiger partial charge in [0.2, 0.25) is 0 Å². The Morgan fingerprint density at radius 2 is 1.39 bits per heavy atom. The topological polar surface area (TPSA) is 251 Å². The van der Waals surface area contributed by atoms with Gasteiger partial charge >= 0.3 is 11.9 Å². The van der Waals surface area contributed by atoms with Crippen molar-refractivity contribution in [3.05, 3.63) is 47.5 Å². The van der Waals surface area contributed by atoms with Crippen LogP contribution < -0.4 is 17.0 Å². The van der Waals surface area contributed by atoms with Gasteiger partial charge in [-0.2, -0.15) is 0 Å². The molecule has 0 aromatic heterocycles. The first-order chi connectivity index (χ1) is 13.9. The van der Waals surface area contributed by atoms with Crippen molar-refractivity contribution >= 4 is 11.9 Å². The van der Waals surface area contributed by atoms with Crippen LogP contribution in [0.2, 0.25) is 0 Å². The van der Waals surface area contributed by atoms with E-state index in [2.05, 4.69) is 5.43 Å². The van der Waals surface area contributed by atoms with Crippen LogP contribution in [0.25, 0.3) is 0 Å². The summed E-state index contributed by atoms with van der Waals surface area (Å²) in [6.45, 7) is 1.43. The highest BCUT2D eigenvalue weighted by atomic mass is 16.4. The average Bonchev–Trinajstić information content (AvgIpc) is 2.67. The lowest BCUT2D eigenvalue weighted by Gasteiger charge is -2.23. The summed E-state index contributed by atoms with van der Waals surface area (Å²) in [6.07, 6.45) is 0.204. The van der Waals surface area contributed by atoms with E-state index in [-0.39, 0.29) is 41.3 Å². The highest BCUT2D eigenvalue weighted by Gasteiger charge is 2.32. The van der Waals surface area contributed by atoms with E-state index in [0.29, 0.717) is 11.1 Å². The number of carbonyl (C=O) groups is 2. The fourth-order valence-corrected chi connectivity index (χ4v) is 2.31. The average molecular weight is 441 g/mol. The zero-order chi connectivity index (χ0) is 23.1. The van der Waals surface area contributed by atoms with Crippen molar-refractivity contribution in [1.82, 2.24) is 5.43 Å². The zero-order valence-corrected chi connectivity index (χ0v) is 16.6. The standard InChI is InChI=1S/C10H14N2O4.C9H11NO4.H2O/c1-10(12-11,9(15)16)5-6-2-3-7(13)8(14)4-6;10-6(9(13)14)3-5-1-2-7(11)8(12)4-5;/h2-4,12-14H,5,11H2,1H3,(H,15,16);1-2,4,6,11-12H,3,10H2,(H,13,14);1H2/t10-;6-;/m00./s1. The van der Waals surface area contributed by atoms with Gasteiger partial charge in [0.25, 0.3) is 0 Å². The molecule has 0 bridgehead atoms. The van der Waals surface area contributed by atoms with Crippen LogP contribution in [0.3, 0.4) is 0 Å². The molecule has 2 rings (SSSR count). The smallest absolute Gasteiger partial charge is 0.325 e. The number of nitrogens with two attached hydrogens (primary N) is 2. The molecule has 0 amide bonds. The molecule has 172 valence electrons. The minimum Gasteiger partial charge on any atom is -0.504 e. The van der Waals surface area contributed by atoms with Gasteiger partial charge in [0.1, 0.15) is 11.6 Å². The fourth-order valence-electron chi connectivity index (χ4n) is 2.31. The van der Waals surface area contributed by atoms with Crippen molar-refractivity contribution in [3.63, 3.8) is 0 Å². The largest absolute Gasteiger partial charge is 0.504 e. The summed E-state index contributed by atoms with van der Waals surface area (Å²) in [5.41, 5.74) is 7.31. The van der Waals surface area contributed by atoms with Crippen LogP contribution in [-0.4, -0.2) is 59.6 Å². The van der Waals surface area contributed by atoms with Crippen molar-refractivity contribution in [2.24, 2.45) is 11.6 Å². The van der Waals surface area contributed by atoms with E-state index in [4.69, 9.17) is 37.1 Å². The van der Waals surface area contributed by atoms with Crippen molar-refractivity contribution in [2.45, 2.75) is 31.3 Å². The summed E-state index contributed by atoms with van der Waals surface area (Å²) in [6, 6.07) is 7.21. The molecule has 0 aliphatic heterocycles. The van der Waals surface area contributed by atoms with E-state index >= 15 is 0 Å². The quantitative estimate of drug-likeness (QED) is 0.146. The summed E-state index contributed by atoms with van der Waals surface area (Å²) >= 11 is 0. The number of aromatic hydroxyl groups is 4. The lowest BCUT2D eigenvalue weighted by atomic mass is 9.93. The Bertz CT molecular complexity index is 907. The van der Waals surface area contributed by atoms with Gasteiger partial charge in [-0.3, -0.25) is 15.4 Å². The molecule has 0 saturated carbocycles. The minimum absolute atomic E-state index is 0. The van der Waals surface area contributed by atoms with Gasteiger partial charge in [-0.1, -0.05) is 12.1 Å². The third-order valence-electron chi connectivity index (χ3n) is 4.20. The Kier molecular flexibility index (Phi) is 10.2. The lowest BCUT2D eigenvalue weighted by molar-refractivity contribution is -0.144. The molecule has 0 spiro atoms. The Morgan fingerprint density at radius 1 is 0.935 bits per heavy atom. The monoisotopic (exact) mass is 441 g/mol. The molecular weight excluding hydrogens is 414 g/mol. The van der Waals surface area contributed by atoms with Gasteiger partial charge in [-0.25, -0.2) is 5.43 Å². The normalized spacial score (nSPS) is 13.0. The van der Waals surface area contributed by atoms with Gasteiger partial charge in [-0.15, -0.1) is 0 Å². The molecule has 2 aromatic rings. The molecule has 13 N–H and O–H groups in total. The predicted molar refractivity (Wildman–Crippen MR) is 110 cm³/mol. The molecule has 0 aliphatic rings.